The van der Waals surface area contributed by atoms with Crippen LogP contribution in [0.5, 0.6) is 0 Å². The van der Waals surface area contributed by atoms with Gasteiger partial charge in [-0.1, -0.05) is 33.1 Å². The Balaban J connectivity index is 2.35. The first-order valence-electron chi connectivity index (χ1n) is 7.13. The fraction of sp³-hybridized carbons (Fsp3) is 1.00. The lowest BCUT2D eigenvalue weighted by molar-refractivity contribution is -0.0861. The molecule has 0 heterocycles. The summed E-state index contributed by atoms with van der Waals surface area (Å²) in [5.74, 6) is 0. The molecular formula is C14H29NO2. The summed E-state index contributed by atoms with van der Waals surface area (Å²) in [5, 5.41) is 3.53. The second-order valence-corrected chi connectivity index (χ2v) is 5.32. The molecule has 0 aromatic heterocycles. The Morgan fingerprint density at radius 2 is 1.82 bits per heavy atom. The van der Waals surface area contributed by atoms with Gasteiger partial charge in [-0.3, -0.25) is 0 Å². The second-order valence-electron chi connectivity index (χ2n) is 5.32. The fourth-order valence-corrected chi connectivity index (χ4v) is 2.42. The monoisotopic (exact) mass is 243 g/mol. The Kier molecular flexibility index (Phi) is 7.09. The molecule has 1 rings (SSSR count). The third-order valence-electron chi connectivity index (χ3n) is 3.44. The Hall–Kier alpha value is -0.120. The Labute approximate surface area is 106 Å². The molecule has 0 aromatic rings. The lowest BCUT2D eigenvalue weighted by atomic mass is 9.84. The number of nitrogens with one attached hydrogen (secondary N) is 1. The van der Waals surface area contributed by atoms with Crippen LogP contribution in [0.1, 0.15) is 52.9 Å². The van der Waals surface area contributed by atoms with Crippen molar-refractivity contribution in [2.45, 2.75) is 64.5 Å². The lowest BCUT2D eigenvalue weighted by Crippen LogP contribution is -2.47. The van der Waals surface area contributed by atoms with Crippen molar-refractivity contribution < 1.29 is 9.47 Å². The third kappa shape index (κ3) is 5.84. The van der Waals surface area contributed by atoms with Gasteiger partial charge in [0.2, 0.25) is 0 Å². The molecule has 0 radical (unpaired) electrons. The van der Waals surface area contributed by atoms with Gasteiger partial charge in [-0.05, 0) is 19.8 Å². The Bertz CT molecular complexity index is 189. The Morgan fingerprint density at radius 1 is 1.12 bits per heavy atom. The van der Waals surface area contributed by atoms with E-state index >= 15 is 0 Å². The molecule has 1 aliphatic carbocycles. The molecule has 1 fully saturated rings. The molecule has 1 N–H and O–H groups in total. The summed E-state index contributed by atoms with van der Waals surface area (Å²) in [5.41, 5.74) is 0.0691. The van der Waals surface area contributed by atoms with Crippen molar-refractivity contribution >= 4 is 0 Å². The summed E-state index contributed by atoms with van der Waals surface area (Å²) in [4.78, 5) is 0. The quantitative estimate of drug-likeness (QED) is 0.665. The Morgan fingerprint density at radius 3 is 2.41 bits per heavy atom. The van der Waals surface area contributed by atoms with E-state index in [1.807, 2.05) is 6.92 Å². The average Bonchev–Trinajstić information content (AvgIpc) is 2.34. The minimum Gasteiger partial charge on any atom is -0.379 e. The zero-order chi connectivity index (χ0) is 12.6. The van der Waals surface area contributed by atoms with Crippen LogP contribution >= 0.6 is 0 Å². The SMILES string of the molecule is CCOCCOC1(CNC(C)C)CCCCC1. The molecule has 102 valence electrons. The van der Waals surface area contributed by atoms with E-state index in [9.17, 15) is 0 Å². The van der Waals surface area contributed by atoms with Crippen molar-refractivity contribution in [1.29, 1.82) is 0 Å². The maximum atomic E-state index is 6.14. The zero-order valence-corrected chi connectivity index (χ0v) is 11.8. The van der Waals surface area contributed by atoms with Gasteiger partial charge in [-0.2, -0.15) is 0 Å². The standard InChI is InChI=1S/C14H29NO2/c1-4-16-10-11-17-14(12-15-13(2)3)8-6-5-7-9-14/h13,15H,4-12H2,1-3H3. The van der Waals surface area contributed by atoms with E-state index in [2.05, 4.69) is 19.2 Å². The molecule has 0 aromatic carbocycles. The molecule has 0 bridgehead atoms. The lowest BCUT2D eigenvalue weighted by Gasteiger charge is -2.38. The van der Waals surface area contributed by atoms with Gasteiger partial charge in [-0.25, -0.2) is 0 Å². The smallest absolute Gasteiger partial charge is 0.0807 e. The first-order valence-corrected chi connectivity index (χ1v) is 7.13. The molecule has 0 saturated heterocycles. The summed E-state index contributed by atoms with van der Waals surface area (Å²) in [7, 11) is 0. The predicted octanol–water partition coefficient (Wildman–Crippen LogP) is 2.74. The van der Waals surface area contributed by atoms with Gasteiger partial charge >= 0.3 is 0 Å². The van der Waals surface area contributed by atoms with Crippen LogP contribution in [0.25, 0.3) is 0 Å². The van der Waals surface area contributed by atoms with Crippen LogP contribution in [0.2, 0.25) is 0 Å². The van der Waals surface area contributed by atoms with Crippen LogP contribution < -0.4 is 5.32 Å². The topological polar surface area (TPSA) is 30.5 Å². The van der Waals surface area contributed by atoms with Crippen molar-refractivity contribution in [3.05, 3.63) is 0 Å². The highest BCUT2D eigenvalue weighted by Gasteiger charge is 2.32. The van der Waals surface area contributed by atoms with Crippen LogP contribution in [-0.2, 0) is 9.47 Å². The molecule has 0 aliphatic heterocycles. The van der Waals surface area contributed by atoms with Gasteiger partial charge in [0, 0.05) is 19.2 Å². The highest BCUT2D eigenvalue weighted by atomic mass is 16.5. The number of rotatable bonds is 8. The van der Waals surface area contributed by atoms with Crippen LogP contribution in [0, 0.1) is 0 Å². The normalized spacial score (nSPS) is 19.8. The fourth-order valence-electron chi connectivity index (χ4n) is 2.42. The van der Waals surface area contributed by atoms with Crippen LogP contribution in [0.4, 0.5) is 0 Å². The average molecular weight is 243 g/mol. The van der Waals surface area contributed by atoms with E-state index in [1.165, 1.54) is 32.1 Å². The largest absolute Gasteiger partial charge is 0.379 e. The zero-order valence-electron chi connectivity index (χ0n) is 11.8. The van der Waals surface area contributed by atoms with Gasteiger partial charge in [0.25, 0.3) is 0 Å². The van der Waals surface area contributed by atoms with E-state index in [4.69, 9.17) is 9.47 Å². The van der Waals surface area contributed by atoms with Gasteiger partial charge in [0.05, 0.1) is 18.8 Å². The van der Waals surface area contributed by atoms with E-state index in [1.54, 1.807) is 0 Å². The molecule has 3 heteroatoms. The predicted molar refractivity (Wildman–Crippen MR) is 71.4 cm³/mol. The first kappa shape index (κ1) is 14.9. The van der Waals surface area contributed by atoms with Crippen molar-refractivity contribution in [2.75, 3.05) is 26.4 Å². The molecule has 1 saturated carbocycles. The minimum atomic E-state index is 0.0691. The molecule has 1 aliphatic rings. The molecule has 3 nitrogen and oxygen atoms in total. The van der Waals surface area contributed by atoms with Gasteiger partial charge < -0.3 is 14.8 Å². The number of hydrogen-bond acceptors (Lipinski definition) is 3. The molecule has 0 atom stereocenters. The molecule has 17 heavy (non-hydrogen) atoms. The molecule has 0 spiro atoms. The van der Waals surface area contributed by atoms with E-state index in [0.29, 0.717) is 6.04 Å². The molecule has 0 amide bonds. The number of hydrogen-bond donors (Lipinski definition) is 1. The summed E-state index contributed by atoms with van der Waals surface area (Å²) < 4.78 is 11.5. The minimum absolute atomic E-state index is 0.0691. The van der Waals surface area contributed by atoms with Gasteiger partial charge in [0.1, 0.15) is 0 Å². The first-order chi connectivity index (χ1) is 8.18. The molecular weight excluding hydrogens is 214 g/mol. The highest BCUT2D eigenvalue weighted by molar-refractivity contribution is 4.87. The second kappa shape index (κ2) is 8.06. The van der Waals surface area contributed by atoms with Gasteiger partial charge in [0.15, 0.2) is 0 Å². The van der Waals surface area contributed by atoms with E-state index < -0.39 is 0 Å². The highest BCUT2D eigenvalue weighted by Crippen LogP contribution is 2.31. The van der Waals surface area contributed by atoms with Crippen LogP contribution in [0.15, 0.2) is 0 Å². The summed E-state index contributed by atoms with van der Waals surface area (Å²) in [6.07, 6.45) is 6.35. The number of ether oxygens (including phenoxy) is 2. The van der Waals surface area contributed by atoms with Crippen LogP contribution in [-0.4, -0.2) is 38.0 Å². The summed E-state index contributed by atoms with van der Waals surface area (Å²) >= 11 is 0. The van der Waals surface area contributed by atoms with Crippen LogP contribution in [0.3, 0.4) is 0 Å². The van der Waals surface area contributed by atoms with Gasteiger partial charge in [-0.15, -0.1) is 0 Å². The third-order valence-corrected chi connectivity index (χ3v) is 3.44. The van der Waals surface area contributed by atoms with Crippen molar-refractivity contribution in [1.82, 2.24) is 5.32 Å². The maximum absolute atomic E-state index is 6.14. The molecule has 0 unspecified atom stereocenters. The maximum Gasteiger partial charge on any atom is 0.0807 e. The summed E-state index contributed by atoms with van der Waals surface area (Å²) in [6.45, 7) is 9.62. The van der Waals surface area contributed by atoms with Crippen molar-refractivity contribution in [3.8, 4) is 0 Å². The van der Waals surface area contributed by atoms with Crippen molar-refractivity contribution in [2.24, 2.45) is 0 Å². The van der Waals surface area contributed by atoms with E-state index in [-0.39, 0.29) is 5.60 Å². The van der Waals surface area contributed by atoms with Crippen molar-refractivity contribution in [3.63, 3.8) is 0 Å². The van der Waals surface area contributed by atoms with E-state index in [0.717, 1.165) is 26.4 Å². The summed E-state index contributed by atoms with van der Waals surface area (Å²) in [6, 6.07) is 0.532.